The van der Waals surface area contributed by atoms with Crippen molar-refractivity contribution in [3.63, 3.8) is 0 Å². The van der Waals surface area contributed by atoms with Gasteiger partial charge >= 0.3 is 0 Å². The molecular weight excluding hydrogens is 290 g/mol. The smallest absolute Gasteiger partial charge is 0.224 e. The SMILES string of the molecule is COc1cc(C)cc(C)c1CC(=O)NC1(C)CCC(OC)CC1. The standard InChI is InChI=1S/C19H29NO3/c1-13-10-14(2)16(17(11-13)23-5)12-18(21)20-19(3)8-6-15(22-4)7-9-19/h10-11,15H,6-9,12H2,1-5H3,(H,20,21). The second-order valence-corrected chi connectivity index (χ2v) is 6.98. The van der Waals surface area contributed by atoms with Crippen molar-refractivity contribution in [1.29, 1.82) is 0 Å². The molecule has 4 nitrogen and oxygen atoms in total. The number of nitrogens with one attached hydrogen (secondary N) is 1. The highest BCUT2D eigenvalue weighted by Gasteiger charge is 2.32. The monoisotopic (exact) mass is 319 g/mol. The Hall–Kier alpha value is -1.55. The van der Waals surface area contributed by atoms with Crippen LogP contribution in [-0.4, -0.2) is 31.8 Å². The number of aryl methyl sites for hydroxylation is 2. The predicted molar refractivity (Wildman–Crippen MR) is 92.0 cm³/mol. The number of carbonyl (C=O) groups is 1. The van der Waals surface area contributed by atoms with Crippen molar-refractivity contribution < 1.29 is 14.3 Å². The first-order chi connectivity index (χ1) is 10.9. The second-order valence-electron chi connectivity index (χ2n) is 6.98. The molecule has 1 amide bonds. The van der Waals surface area contributed by atoms with Crippen molar-refractivity contribution in [2.75, 3.05) is 14.2 Å². The van der Waals surface area contributed by atoms with E-state index in [0.717, 1.165) is 48.1 Å². The minimum atomic E-state index is -0.127. The highest BCUT2D eigenvalue weighted by molar-refractivity contribution is 5.80. The zero-order valence-corrected chi connectivity index (χ0v) is 15.0. The summed E-state index contributed by atoms with van der Waals surface area (Å²) in [7, 11) is 3.42. The largest absolute Gasteiger partial charge is 0.496 e. The lowest BCUT2D eigenvalue weighted by molar-refractivity contribution is -0.123. The number of hydrogen-bond donors (Lipinski definition) is 1. The molecule has 1 N–H and O–H groups in total. The van der Waals surface area contributed by atoms with Crippen LogP contribution in [0.15, 0.2) is 12.1 Å². The minimum absolute atomic E-state index is 0.0635. The molecule has 1 fully saturated rings. The van der Waals surface area contributed by atoms with Crippen LogP contribution >= 0.6 is 0 Å². The molecule has 0 aromatic heterocycles. The van der Waals surface area contributed by atoms with E-state index < -0.39 is 0 Å². The van der Waals surface area contributed by atoms with E-state index in [4.69, 9.17) is 9.47 Å². The minimum Gasteiger partial charge on any atom is -0.496 e. The quantitative estimate of drug-likeness (QED) is 0.905. The summed E-state index contributed by atoms with van der Waals surface area (Å²) in [6, 6.07) is 4.08. The summed E-state index contributed by atoms with van der Waals surface area (Å²) in [4.78, 5) is 12.5. The van der Waals surface area contributed by atoms with Gasteiger partial charge in [-0.3, -0.25) is 4.79 Å². The van der Waals surface area contributed by atoms with Crippen LogP contribution in [0.5, 0.6) is 5.75 Å². The van der Waals surface area contributed by atoms with Gasteiger partial charge in [-0.05, 0) is 63.6 Å². The van der Waals surface area contributed by atoms with E-state index in [1.807, 2.05) is 19.9 Å². The number of methoxy groups -OCH3 is 2. The average molecular weight is 319 g/mol. The van der Waals surface area contributed by atoms with Gasteiger partial charge in [0.25, 0.3) is 0 Å². The Bertz CT molecular complexity index is 560. The van der Waals surface area contributed by atoms with Gasteiger partial charge in [-0.1, -0.05) is 6.07 Å². The van der Waals surface area contributed by atoms with Gasteiger partial charge in [-0.15, -0.1) is 0 Å². The molecule has 0 radical (unpaired) electrons. The molecule has 0 spiro atoms. The van der Waals surface area contributed by atoms with Crippen LogP contribution in [0.25, 0.3) is 0 Å². The molecule has 1 aromatic rings. The van der Waals surface area contributed by atoms with Gasteiger partial charge in [0, 0.05) is 18.2 Å². The van der Waals surface area contributed by atoms with Crippen molar-refractivity contribution in [3.05, 3.63) is 28.8 Å². The van der Waals surface area contributed by atoms with Gasteiger partial charge in [0.2, 0.25) is 5.91 Å². The molecule has 0 saturated heterocycles. The zero-order valence-electron chi connectivity index (χ0n) is 15.0. The average Bonchev–Trinajstić information content (AvgIpc) is 2.50. The van der Waals surface area contributed by atoms with Crippen LogP contribution in [0.4, 0.5) is 0 Å². The first-order valence-corrected chi connectivity index (χ1v) is 8.35. The van der Waals surface area contributed by atoms with Crippen molar-refractivity contribution in [2.45, 2.75) is 64.5 Å². The van der Waals surface area contributed by atoms with E-state index in [1.54, 1.807) is 14.2 Å². The van der Waals surface area contributed by atoms with Gasteiger partial charge in [0.05, 0.1) is 19.6 Å². The van der Waals surface area contributed by atoms with Gasteiger partial charge in [0.1, 0.15) is 5.75 Å². The molecule has 0 atom stereocenters. The summed E-state index contributed by atoms with van der Waals surface area (Å²) in [6.07, 6.45) is 4.61. The van der Waals surface area contributed by atoms with Crippen LogP contribution in [0.2, 0.25) is 0 Å². The summed E-state index contributed by atoms with van der Waals surface area (Å²) in [5.74, 6) is 0.861. The fourth-order valence-corrected chi connectivity index (χ4v) is 3.50. The van der Waals surface area contributed by atoms with E-state index in [2.05, 4.69) is 18.3 Å². The van der Waals surface area contributed by atoms with E-state index in [9.17, 15) is 4.79 Å². The third kappa shape index (κ3) is 4.47. The molecular formula is C19H29NO3. The Kier molecular flexibility index (Phi) is 5.69. The van der Waals surface area contributed by atoms with Crippen LogP contribution in [0.1, 0.15) is 49.3 Å². The summed E-state index contributed by atoms with van der Waals surface area (Å²) in [5.41, 5.74) is 3.10. The van der Waals surface area contributed by atoms with E-state index >= 15 is 0 Å². The lowest BCUT2D eigenvalue weighted by Gasteiger charge is -2.37. The number of amides is 1. The third-order valence-corrected chi connectivity index (χ3v) is 4.94. The topological polar surface area (TPSA) is 47.6 Å². The molecule has 1 aromatic carbocycles. The van der Waals surface area contributed by atoms with E-state index in [0.29, 0.717) is 12.5 Å². The fraction of sp³-hybridized carbons (Fsp3) is 0.632. The summed E-state index contributed by atoms with van der Waals surface area (Å²) >= 11 is 0. The number of rotatable bonds is 5. The van der Waals surface area contributed by atoms with E-state index in [1.165, 1.54) is 0 Å². The summed E-state index contributed by atoms with van der Waals surface area (Å²) < 4.78 is 10.9. The highest BCUT2D eigenvalue weighted by Crippen LogP contribution is 2.30. The molecule has 23 heavy (non-hydrogen) atoms. The normalized spacial score (nSPS) is 24.3. The van der Waals surface area contributed by atoms with Gasteiger partial charge in [0.15, 0.2) is 0 Å². The first kappa shape index (κ1) is 17.8. The maximum atomic E-state index is 12.5. The summed E-state index contributed by atoms with van der Waals surface area (Å²) in [6.45, 7) is 6.20. The van der Waals surface area contributed by atoms with Crippen molar-refractivity contribution in [1.82, 2.24) is 5.32 Å². The van der Waals surface area contributed by atoms with Gasteiger partial charge in [-0.25, -0.2) is 0 Å². The molecule has 2 rings (SSSR count). The Morgan fingerprint density at radius 2 is 1.91 bits per heavy atom. The molecule has 128 valence electrons. The lowest BCUT2D eigenvalue weighted by atomic mass is 9.81. The Morgan fingerprint density at radius 1 is 1.26 bits per heavy atom. The number of hydrogen-bond acceptors (Lipinski definition) is 3. The van der Waals surface area contributed by atoms with Crippen LogP contribution in [0.3, 0.4) is 0 Å². The van der Waals surface area contributed by atoms with Crippen LogP contribution in [0, 0.1) is 13.8 Å². The summed E-state index contributed by atoms with van der Waals surface area (Å²) in [5, 5.41) is 3.23. The Morgan fingerprint density at radius 3 is 2.48 bits per heavy atom. The number of carbonyl (C=O) groups excluding carboxylic acids is 1. The van der Waals surface area contributed by atoms with Crippen LogP contribution < -0.4 is 10.1 Å². The Balaban J connectivity index is 2.03. The number of ether oxygens (including phenoxy) is 2. The molecule has 4 heteroatoms. The van der Waals surface area contributed by atoms with E-state index in [-0.39, 0.29) is 11.4 Å². The van der Waals surface area contributed by atoms with Crippen molar-refractivity contribution >= 4 is 5.91 Å². The molecule has 1 aliphatic rings. The maximum absolute atomic E-state index is 12.5. The molecule has 0 bridgehead atoms. The zero-order chi connectivity index (χ0) is 17.0. The van der Waals surface area contributed by atoms with Crippen LogP contribution in [-0.2, 0) is 16.0 Å². The lowest BCUT2D eigenvalue weighted by Crippen LogP contribution is -2.49. The Labute approximate surface area is 139 Å². The predicted octanol–water partition coefficient (Wildman–Crippen LogP) is 3.32. The molecule has 0 aliphatic heterocycles. The van der Waals surface area contributed by atoms with Gasteiger partial charge in [-0.2, -0.15) is 0 Å². The highest BCUT2D eigenvalue weighted by atomic mass is 16.5. The molecule has 1 aliphatic carbocycles. The first-order valence-electron chi connectivity index (χ1n) is 8.35. The van der Waals surface area contributed by atoms with Crippen molar-refractivity contribution in [3.8, 4) is 5.75 Å². The van der Waals surface area contributed by atoms with Gasteiger partial charge < -0.3 is 14.8 Å². The molecule has 1 saturated carbocycles. The molecule has 0 unspecified atom stereocenters. The third-order valence-electron chi connectivity index (χ3n) is 4.94. The second kappa shape index (κ2) is 7.35. The number of benzene rings is 1. The maximum Gasteiger partial charge on any atom is 0.224 e. The van der Waals surface area contributed by atoms with Crippen molar-refractivity contribution in [2.24, 2.45) is 0 Å². The molecule has 0 heterocycles. The fourth-order valence-electron chi connectivity index (χ4n) is 3.50.